The van der Waals surface area contributed by atoms with Gasteiger partial charge in [0.25, 0.3) is 0 Å². The van der Waals surface area contributed by atoms with Crippen molar-refractivity contribution in [3.63, 3.8) is 0 Å². The Morgan fingerprint density at radius 2 is 1.92 bits per heavy atom. The van der Waals surface area contributed by atoms with E-state index >= 15 is 0 Å². The monoisotopic (exact) mass is 188 g/mol. The van der Waals surface area contributed by atoms with Gasteiger partial charge in [0.15, 0.2) is 5.11 Å². The summed E-state index contributed by atoms with van der Waals surface area (Å²) in [5, 5.41) is 7.06. The van der Waals surface area contributed by atoms with E-state index in [1.54, 1.807) is 0 Å². The Bertz CT molecular complexity index is 149. The van der Waals surface area contributed by atoms with Gasteiger partial charge < -0.3 is 10.6 Å². The van der Waals surface area contributed by atoms with Crippen LogP contribution in [0.15, 0.2) is 0 Å². The molecule has 2 N–H and O–H groups in total. The Balaban J connectivity index is 3.84. The lowest BCUT2D eigenvalue weighted by Crippen LogP contribution is -2.46. The van der Waals surface area contributed by atoms with E-state index in [0.717, 1.165) is 11.7 Å². The average Bonchev–Trinajstić information content (AvgIpc) is 1.85. The van der Waals surface area contributed by atoms with Crippen LogP contribution in [0.3, 0.4) is 0 Å². The Morgan fingerprint density at radius 3 is 2.25 bits per heavy atom. The third-order valence-electron chi connectivity index (χ3n) is 1.98. The molecule has 0 aromatic heterocycles. The van der Waals surface area contributed by atoms with Gasteiger partial charge in [0.05, 0.1) is 0 Å². The maximum absolute atomic E-state index is 5.08. The zero-order valence-electron chi connectivity index (χ0n) is 8.69. The molecule has 0 aliphatic carbocycles. The van der Waals surface area contributed by atoms with E-state index in [9.17, 15) is 0 Å². The molecule has 1 atom stereocenters. The third-order valence-corrected chi connectivity index (χ3v) is 2.25. The normalized spacial score (nSPS) is 13.8. The number of rotatable bonds is 2. The van der Waals surface area contributed by atoms with Gasteiger partial charge in [-0.1, -0.05) is 20.8 Å². The Hall–Kier alpha value is -0.310. The van der Waals surface area contributed by atoms with Crippen molar-refractivity contribution in [2.45, 2.75) is 40.7 Å². The molecule has 1 unspecified atom stereocenters. The van der Waals surface area contributed by atoms with E-state index in [0.29, 0.717) is 6.04 Å². The van der Waals surface area contributed by atoms with Crippen molar-refractivity contribution in [2.24, 2.45) is 5.41 Å². The Morgan fingerprint density at radius 1 is 1.42 bits per heavy atom. The summed E-state index contributed by atoms with van der Waals surface area (Å²) in [5.74, 6) is 0. The minimum absolute atomic E-state index is 0.249. The quantitative estimate of drug-likeness (QED) is 0.647. The summed E-state index contributed by atoms with van der Waals surface area (Å²) in [7, 11) is 0. The highest BCUT2D eigenvalue weighted by Gasteiger charge is 2.19. The van der Waals surface area contributed by atoms with Gasteiger partial charge in [0.2, 0.25) is 0 Å². The molecular formula is C9H20N2S. The van der Waals surface area contributed by atoms with Gasteiger partial charge >= 0.3 is 0 Å². The highest BCUT2D eigenvalue weighted by atomic mass is 32.1. The average molecular weight is 188 g/mol. The summed E-state index contributed by atoms with van der Waals surface area (Å²) in [4.78, 5) is 0. The summed E-state index contributed by atoms with van der Waals surface area (Å²) in [6.07, 6.45) is 0. The molecule has 3 heteroatoms. The van der Waals surface area contributed by atoms with Crippen molar-refractivity contribution in [3.8, 4) is 0 Å². The van der Waals surface area contributed by atoms with Crippen LogP contribution in [0.25, 0.3) is 0 Å². The van der Waals surface area contributed by atoms with E-state index < -0.39 is 0 Å². The lowest BCUT2D eigenvalue weighted by molar-refractivity contribution is 0.315. The molecule has 0 rings (SSSR count). The molecule has 0 saturated carbocycles. The minimum Gasteiger partial charge on any atom is -0.363 e. The predicted octanol–water partition coefficient (Wildman–Crippen LogP) is 1.91. The van der Waals surface area contributed by atoms with E-state index in [4.69, 9.17) is 12.2 Å². The second kappa shape index (κ2) is 4.65. The summed E-state index contributed by atoms with van der Waals surface area (Å²) in [6, 6.07) is 0.393. The first-order valence-corrected chi connectivity index (χ1v) is 4.83. The van der Waals surface area contributed by atoms with Gasteiger partial charge in [-0.15, -0.1) is 0 Å². The van der Waals surface area contributed by atoms with Gasteiger partial charge in [-0.3, -0.25) is 0 Å². The van der Waals surface area contributed by atoms with Gasteiger partial charge in [0, 0.05) is 12.6 Å². The standard InChI is InChI=1S/C9H20N2S/c1-6-10-8(12)11-7(2)9(3,4)5/h7H,6H2,1-5H3,(H2,10,11,12). The first kappa shape index (κ1) is 11.7. The van der Waals surface area contributed by atoms with Crippen LogP contribution in [0, 0.1) is 5.41 Å². The Kier molecular flexibility index (Phi) is 4.53. The highest BCUT2D eigenvalue weighted by molar-refractivity contribution is 7.80. The fraction of sp³-hybridized carbons (Fsp3) is 0.889. The zero-order valence-corrected chi connectivity index (χ0v) is 9.51. The Labute approximate surface area is 81.1 Å². The van der Waals surface area contributed by atoms with Gasteiger partial charge in [-0.05, 0) is 31.5 Å². The lowest BCUT2D eigenvalue weighted by atomic mass is 9.88. The van der Waals surface area contributed by atoms with Gasteiger partial charge in [0.1, 0.15) is 0 Å². The zero-order chi connectivity index (χ0) is 9.78. The van der Waals surface area contributed by atoms with Crippen LogP contribution in [0.4, 0.5) is 0 Å². The van der Waals surface area contributed by atoms with Gasteiger partial charge in [-0.2, -0.15) is 0 Å². The molecule has 0 amide bonds. The van der Waals surface area contributed by atoms with Crippen molar-refractivity contribution in [1.29, 1.82) is 0 Å². The second-order valence-corrected chi connectivity index (χ2v) is 4.50. The maximum Gasteiger partial charge on any atom is 0.166 e. The molecule has 0 spiro atoms. The molecule has 0 bridgehead atoms. The van der Waals surface area contributed by atoms with Crippen molar-refractivity contribution >= 4 is 17.3 Å². The summed E-state index contributed by atoms with van der Waals surface area (Å²) in [5.41, 5.74) is 0.249. The summed E-state index contributed by atoms with van der Waals surface area (Å²) < 4.78 is 0. The van der Waals surface area contributed by atoms with E-state index in [1.807, 2.05) is 6.92 Å². The summed E-state index contributed by atoms with van der Waals surface area (Å²) in [6.45, 7) is 11.6. The largest absolute Gasteiger partial charge is 0.363 e. The molecular weight excluding hydrogens is 168 g/mol. The molecule has 0 heterocycles. The third kappa shape index (κ3) is 4.54. The SMILES string of the molecule is CCNC(=S)NC(C)C(C)(C)C. The lowest BCUT2D eigenvalue weighted by Gasteiger charge is -2.29. The topological polar surface area (TPSA) is 24.1 Å². The molecule has 0 saturated heterocycles. The fourth-order valence-corrected chi connectivity index (χ4v) is 0.946. The smallest absolute Gasteiger partial charge is 0.166 e. The first-order valence-electron chi connectivity index (χ1n) is 4.42. The number of thiocarbonyl (C=S) groups is 1. The van der Waals surface area contributed by atoms with E-state index in [2.05, 4.69) is 38.3 Å². The molecule has 12 heavy (non-hydrogen) atoms. The molecule has 0 fully saturated rings. The van der Waals surface area contributed by atoms with Crippen LogP contribution in [-0.2, 0) is 0 Å². The number of hydrogen-bond donors (Lipinski definition) is 2. The van der Waals surface area contributed by atoms with Crippen molar-refractivity contribution in [3.05, 3.63) is 0 Å². The van der Waals surface area contributed by atoms with Crippen LogP contribution in [0.2, 0.25) is 0 Å². The van der Waals surface area contributed by atoms with Gasteiger partial charge in [-0.25, -0.2) is 0 Å². The van der Waals surface area contributed by atoms with Crippen LogP contribution >= 0.6 is 12.2 Å². The van der Waals surface area contributed by atoms with Crippen molar-refractivity contribution in [2.75, 3.05) is 6.54 Å². The molecule has 0 aliphatic heterocycles. The fourth-order valence-electron chi connectivity index (χ4n) is 0.625. The van der Waals surface area contributed by atoms with Crippen LogP contribution in [0.5, 0.6) is 0 Å². The van der Waals surface area contributed by atoms with Crippen molar-refractivity contribution < 1.29 is 0 Å². The summed E-state index contributed by atoms with van der Waals surface area (Å²) >= 11 is 5.08. The van der Waals surface area contributed by atoms with E-state index in [-0.39, 0.29) is 5.41 Å². The van der Waals surface area contributed by atoms with Crippen LogP contribution in [-0.4, -0.2) is 17.7 Å². The first-order chi connectivity index (χ1) is 5.38. The molecule has 0 aromatic carbocycles. The molecule has 0 radical (unpaired) electrons. The van der Waals surface area contributed by atoms with Crippen LogP contribution < -0.4 is 10.6 Å². The number of nitrogens with one attached hydrogen (secondary N) is 2. The second-order valence-electron chi connectivity index (χ2n) is 4.09. The highest BCUT2D eigenvalue weighted by Crippen LogP contribution is 2.18. The molecule has 72 valence electrons. The molecule has 0 aliphatic rings. The van der Waals surface area contributed by atoms with Crippen LogP contribution in [0.1, 0.15) is 34.6 Å². The van der Waals surface area contributed by atoms with E-state index in [1.165, 1.54) is 0 Å². The molecule has 0 aromatic rings. The predicted molar refractivity (Wildman–Crippen MR) is 58.3 cm³/mol. The minimum atomic E-state index is 0.249. The van der Waals surface area contributed by atoms with Crippen molar-refractivity contribution in [1.82, 2.24) is 10.6 Å². The number of hydrogen-bond acceptors (Lipinski definition) is 1. The maximum atomic E-state index is 5.08. The molecule has 2 nitrogen and oxygen atoms in total.